The first-order valence-electron chi connectivity index (χ1n) is 17.4. The van der Waals surface area contributed by atoms with Gasteiger partial charge in [0.2, 0.25) is 0 Å². The number of hydrogen-bond acceptors (Lipinski definition) is 18. The second kappa shape index (κ2) is 17.6. The molecule has 0 aromatic carbocycles. The van der Waals surface area contributed by atoms with E-state index in [4.69, 9.17) is 52.1 Å². The van der Waals surface area contributed by atoms with Gasteiger partial charge in [0.15, 0.2) is 31.5 Å². The summed E-state index contributed by atoms with van der Waals surface area (Å²) in [7, 11) is 3.04. The van der Waals surface area contributed by atoms with Crippen molar-refractivity contribution in [2.45, 2.75) is 182 Å². The maximum atomic E-state index is 11.0. The smallest absolute Gasteiger partial charge is 0.187 e. The van der Waals surface area contributed by atoms with Crippen molar-refractivity contribution in [3.05, 3.63) is 0 Å². The third-order valence-electron chi connectivity index (χ3n) is 10.2. The number of aliphatic hydroxyl groups excluding tert-OH is 7. The topological polar surface area (TPSA) is 243 Å². The fourth-order valence-corrected chi connectivity index (χ4v) is 7.43. The van der Waals surface area contributed by atoms with Gasteiger partial charge in [-0.05, 0) is 27.7 Å². The first kappa shape index (κ1) is 40.5. The molecule has 0 saturated carbocycles. The molecule has 7 N–H and O–H groups in total. The number of methoxy groups -OCH3 is 2. The van der Waals surface area contributed by atoms with Gasteiger partial charge in [-0.3, -0.25) is 0 Å². The van der Waals surface area contributed by atoms with Crippen LogP contribution in [0.3, 0.4) is 0 Å². The van der Waals surface area contributed by atoms with Crippen LogP contribution < -0.4 is 0 Å². The van der Waals surface area contributed by atoms with Crippen molar-refractivity contribution >= 4 is 0 Å². The Morgan fingerprint density at radius 1 is 0.500 bits per heavy atom. The summed E-state index contributed by atoms with van der Waals surface area (Å²) < 4.78 is 65.3. The minimum absolute atomic E-state index is 0.00743. The van der Waals surface area contributed by atoms with E-state index >= 15 is 0 Å². The summed E-state index contributed by atoms with van der Waals surface area (Å²) in [6.07, 6.45) is -18.2. The Labute approximate surface area is 291 Å². The Morgan fingerprint density at radius 2 is 0.940 bits per heavy atom. The van der Waals surface area contributed by atoms with Gasteiger partial charge in [-0.1, -0.05) is 0 Å². The van der Waals surface area contributed by atoms with Crippen LogP contribution in [0, 0.1) is 0 Å². The van der Waals surface area contributed by atoms with Gasteiger partial charge in [-0.15, -0.1) is 0 Å². The molecule has 0 aromatic rings. The van der Waals surface area contributed by atoms with Crippen molar-refractivity contribution in [1.29, 1.82) is 0 Å². The Bertz CT molecular complexity index is 1020. The van der Waals surface area contributed by atoms with Crippen molar-refractivity contribution in [3.8, 4) is 0 Å². The number of hydrogen-bond donors (Lipinski definition) is 7. The highest BCUT2D eigenvalue weighted by atomic mass is 16.8. The summed E-state index contributed by atoms with van der Waals surface area (Å²) in [6, 6.07) is 0. The summed E-state index contributed by atoms with van der Waals surface area (Å²) in [5.74, 6) is 0. The number of ether oxygens (including phenoxy) is 11. The lowest BCUT2D eigenvalue weighted by molar-refractivity contribution is -0.358. The van der Waals surface area contributed by atoms with Crippen molar-refractivity contribution in [2.75, 3.05) is 20.8 Å². The standard InChI is InChI=1S/C32H56O18/c1-12-28(16(34)7-21(36)42-12)47-22-8-17(35)29(13(2)43-22)48-23-9-18(40-5)30(14(3)44-23)49-24-10-19(41-6)31(15(4)45-24)50-32-27(39)26(38)25(37)20(11-33)46-32/h12-39H,7-11H2,1-6H3/t12-,13-,14-,15-,16+,17+,18-,19-,20-,21?,22+,23+,24+,25-,26+,27-,28-,29-,30-,31+,32+/m1/s1. The summed E-state index contributed by atoms with van der Waals surface area (Å²) in [5, 5.41) is 71.4. The van der Waals surface area contributed by atoms with Crippen LogP contribution in [0.15, 0.2) is 0 Å². The van der Waals surface area contributed by atoms with E-state index in [1.165, 1.54) is 7.11 Å². The lowest BCUT2D eigenvalue weighted by atomic mass is 9.98. The Morgan fingerprint density at radius 3 is 1.42 bits per heavy atom. The molecule has 292 valence electrons. The maximum absolute atomic E-state index is 11.0. The van der Waals surface area contributed by atoms with Gasteiger partial charge in [0.25, 0.3) is 0 Å². The minimum Gasteiger partial charge on any atom is -0.394 e. The van der Waals surface area contributed by atoms with Crippen LogP contribution in [0.4, 0.5) is 0 Å². The molecule has 5 aliphatic rings. The van der Waals surface area contributed by atoms with Gasteiger partial charge in [0.05, 0.1) is 55.4 Å². The highest BCUT2D eigenvalue weighted by Crippen LogP contribution is 2.35. The van der Waals surface area contributed by atoms with E-state index in [9.17, 15) is 35.7 Å². The van der Waals surface area contributed by atoms with Gasteiger partial charge < -0.3 is 87.9 Å². The molecule has 1 unspecified atom stereocenters. The third kappa shape index (κ3) is 9.14. The van der Waals surface area contributed by atoms with Crippen LogP contribution in [0.5, 0.6) is 0 Å². The molecule has 0 aromatic heterocycles. The molecule has 0 radical (unpaired) electrons. The second-order valence-corrected chi connectivity index (χ2v) is 13.8. The van der Waals surface area contributed by atoms with Crippen LogP contribution in [-0.4, -0.2) is 186 Å². The highest BCUT2D eigenvalue weighted by molar-refractivity contribution is 4.93. The minimum atomic E-state index is -1.59. The lowest BCUT2D eigenvalue weighted by Gasteiger charge is -2.47. The van der Waals surface area contributed by atoms with Crippen molar-refractivity contribution in [3.63, 3.8) is 0 Å². The largest absolute Gasteiger partial charge is 0.394 e. The van der Waals surface area contributed by atoms with Crippen molar-refractivity contribution < 1.29 is 87.9 Å². The van der Waals surface area contributed by atoms with Crippen molar-refractivity contribution in [1.82, 2.24) is 0 Å². The summed E-state index contributed by atoms with van der Waals surface area (Å²) in [5.41, 5.74) is 0. The molecule has 18 nitrogen and oxygen atoms in total. The van der Waals surface area contributed by atoms with Crippen LogP contribution in [-0.2, 0) is 52.1 Å². The molecule has 0 amide bonds. The van der Waals surface area contributed by atoms with Crippen LogP contribution in [0.2, 0.25) is 0 Å². The molecule has 21 atom stereocenters. The molecule has 0 bridgehead atoms. The SMILES string of the molecule is CO[C@@H]1C[C@H](O[C@H]2[C@@H](O)C[C@H](O[C@H]3[C@@H](O)CC(O)O[C@@H]3C)O[C@@H]2C)O[C@H](C)[C@H]1O[C@H]1C[C@@H](OC)[C@@H](O[C@@H]2O[C@H](CO)[C@@H](O)[C@H](O)[C@H]2O)[C@@H](C)O1. The molecule has 5 aliphatic heterocycles. The second-order valence-electron chi connectivity index (χ2n) is 13.8. The quantitative estimate of drug-likeness (QED) is 0.117. The van der Waals surface area contributed by atoms with E-state index in [0.717, 1.165) is 0 Å². The molecule has 5 saturated heterocycles. The summed E-state index contributed by atoms with van der Waals surface area (Å²) in [6.45, 7) is 6.40. The molecule has 5 heterocycles. The highest BCUT2D eigenvalue weighted by Gasteiger charge is 2.50. The Balaban J connectivity index is 1.13. The fourth-order valence-electron chi connectivity index (χ4n) is 7.43. The molecule has 0 aliphatic carbocycles. The lowest BCUT2D eigenvalue weighted by Crippen LogP contribution is -2.62. The van der Waals surface area contributed by atoms with E-state index in [-0.39, 0.29) is 25.7 Å². The summed E-state index contributed by atoms with van der Waals surface area (Å²) >= 11 is 0. The predicted molar refractivity (Wildman–Crippen MR) is 165 cm³/mol. The van der Waals surface area contributed by atoms with Crippen molar-refractivity contribution in [2.24, 2.45) is 0 Å². The van der Waals surface area contributed by atoms with Gasteiger partial charge in [-0.25, -0.2) is 0 Å². The maximum Gasteiger partial charge on any atom is 0.187 e. The van der Waals surface area contributed by atoms with E-state index < -0.39 is 136 Å². The first-order valence-corrected chi connectivity index (χ1v) is 17.4. The number of aliphatic hydroxyl groups is 7. The zero-order chi connectivity index (χ0) is 36.4. The average Bonchev–Trinajstić information content (AvgIpc) is 3.06. The van der Waals surface area contributed by atoms with Gasteiger partial charge >= 0.3 is 0 Å². The van der Waals surface area contributed by atoms with Crippen LogP contribution in [0.1, 0.15) is 53.4 Å². The molecule has 5 fully saturated rings. The Kier molecular flexibility index (Phi) is 14.3. The van der Waals surface area contributed by atoms with E-state index in [1.807, 2.05) is 6.92 Å². The molecule has 50 heavy (non-hydrogen) atoms. The zero-order valence-corrected chi connectivity index (χ0v) is 29.3. The molecular formula is C32H56O18. The van der Waals surface area contributed by atoms with E-state index in [2.05, 4.69) is 0 Å². The third-order valence-corrected chi connectivity index (χ3v) is 10.2. The number of rotatable bonds is 11. The van der Waals surface area contributed by atoms with E-state index in [0.29, 0.717) is 0 Å². The van der Waals surface area contributed by atoms with Crippen LogP contribution in [0.25, 0.3) is 0 Å². The average molecular weight is 729 g/mol. The molecule has 18 heteroatoms. The monoisotopic (exact) mass is 728 g/mol. The summed E-state index contributed by atoms with van der Waals surface area (Å²) in [4.78, 5) is 0. The molecule has 5 rings (SSSR count). The Hall–Kier alpha value is -0.720. The van der Waals surface area contributed by atoms with Crippen LogP contribution >= 0.6 is 0 Å². The predicted octanol–water partition coefficient (Wildman–Crippen LogP) is -2.39. The molecular weight excluding hydrogens is 672 g/mol. The van der Waals surface area contributed by atoms with E-state index in [1.54, 1.807) is 27.9 Å². The van der Waals surface area contributed by atoms with Gasteiger partial charge in [0.1, 0.15) is 48.8 Å². The first-order chi connectivity index (χ1) is 23.7. The molecule has 0 spiro atoms. The van der Waals surface area contributed by atoms with Gasteiger partial charge in [0, 0.05) is 39.9 Å². The zero-order valence-electron chi connectivity index (χ0n) is 29.3. The fraction of sp³-hybridized carbons (Fsp3) is 1.00. The van der Waals surface area contributed by atoms with Gasteiger partial charge in [-0.2, -0.15) is 0 Å². The normalized spacial score (nSPS) is 52.1.